The Hall–Kier alpha value is -1.99. The van der Waals surface area contributed by atoms with Crippen LogP contribution >= 0.6 is 11.8 Å². The normalized spacial score (nSPS) is 11.1. The van der Waals surface area contributed by atoms with E-state index in [1.165, 1.54) is 0 Å². The summed E-state index contributed by atoms with van der Waals surface area (Å²) in [7, 11) is 0. The van der Waals surface area contributed by atoms with Crippen LogP contribution in [-0.4, -0.2) is 31.7 Å². The second-order valence-corrected chi connectivity index (χ2v) is 5.20. The molecule has 20 heavy (non-hydrogen) atoms. The van der Waals surface area contributed by atoms with Gasteiger partial charge < -0.3 is 5.73 Å². The van der Waals surface area contributed by atoms with E-state index in [1.54, 1.807) is 16.4 Å². The molecule has 0 aliphatic carbocycles. The number of pyridine rings is 1. The molecule has 0 saturated carbocycles. The van der Waals surface area contributed by atoms with Crippen LogP contribution in [0.1, 0.15) is 5.69 Å². The van der Waals surface area contributed by atoms with Gasteiger partial charge in [-0.3, -0.25) is 4.98 Å². The van der Waals surface area contributed by atoms with Gasteiger partial charge >= 0.3 is 0 Å². The van der Waals surface area contributed by atoms with Crippen LogP contribution in [0.3, 0.4) is 0 Å². The third-order valence-corrected chi connectivity index (χ3v) is 3.84. The summed E-state index contributed by atoms with van der Waals surface area (Å²) in [6, 6.07) is 12.2. The molecule has 0 bridgehead atoms. The molecule has 0 amide bonds. The average molecular weight is 286 g/mol. The zero-order chi connectivity index (χ0) is 13.8. The monoisotopic (exact) mass is 286 g/mol. The standard InChI is InChI=1S/C13H14N6S/c14-7-8-19-13(16-17-18-19)20-9-11-6-5-10-3-1-2-4-12(10)15-11/h1-6H,7-9,14H2. The minimum Gasteiger partial charge on any atom is -0.329 e. The molecular weight excluding hydrogens is 272 g/mol. The molecule has 0 fully saturated rings. The van der Waals surface area contributed by atoms with Gasteiger partial charge in [0.2, 0.25) is 5.16 Å². The molecule has 0 aliphatic heterocycles. The number of nitrogens with zero attached hydrogens (tertiary/aromatic N) is 5. The highest BCUT2D eigenvalue weighted by atomic mass is 32.2. The summed E-state index contributed by atoms with van der Waals surface area (Å²) < 4.78 is 1.71. The predicted octanol–water partition coefficient (Wildman–Crippen LogP) is 1.47. The van der Waals surface area contributed by atoms with Gasteiger partial charge in [0, 0.05) is 17.7 Å². The van der Waals surface area contributed by atoms with Gasteiger partial charge in [-0.1, -0.05) is 36.0 Å². The number of nitrogens with two attached hydrogens (primary N) is 1. The highest BCUT2D eigenvalue weighted by molar-refractivity contribution is 7.98. The van der Waals surface area contributed by atoms with Crippen molar-refractivity contribution in [1.29, 1.82) is 0 Å². The Morgan fingerprint density at radius 2 is 2.05 bits per heavy atom. The zero-order valence-corrected chi connectivity index (χ0v) is 11.6. The van der Waals surface area contributed by atoms with Gasteiger partial charge in [-0.2, -0.15) is 0 Å². The van der Waals surface area contributed by atoms with E-state index in [2.05, 4.69) is 32.6 Å². The molecule has 0 spiro atoms. The van der Waals surface area contributed by atoms with E-state index in [-0.39, 0.29) is 0 Å². The van der Waals surface area contributed by atoms with Crippen LogP contribution in [0.5, 0.6) is 0 Å². The smallest absolute Gasteiger partial charge is 0.209 e. The fourth-order valence-electron chi connectivity index (χ4n) is 1.89. The quantitative estimate of drug-likeness (QED) is 0.715. The van der Waals surface area contributed by atoms with Crippen molar-refractivity contribution in [2.24, 2.45) is 5.73 Å². The predicted molar refractivity (Wildman–Crippen MR) is 78.2 cm³/mol. The van der Waals surface area contributed by atoms with Crippen molar-refractivity contribution in [3.05, 3.63) is 42.1 Å². The van der Waals surface area contributed by atoms with Crippen LogP contribution in [0.25, 0.3) is 10.9 Å². The Balaban J connectivity index is 1.74. The molecule has 2 N–H and O–H groups in total. The Labute approximate surface area is 120 Å². The molecule has 3 rings (SSSR count). The molecule has 0 atom stereocenters. The fraction of sp³-hybridized carbons (Fsp3) is 0.231. The largest absolute Gasteiger partial charge is 0.329 e. The first kappa shape index (κ1) is 13.0. The molecule has 0 saturated heterocycles. The number of aromatic nitrogens is 5. The third-order valence-electron chi connectivity index (χ3n) is 2.85. The van der Waals surface area contributed by atoms with Gasteiger partial charge in [0.15, 0.2) is 0 Å². The summed E-state index contributed by atoms with van der Waals surface area (Å²) in [5.74, 6) is 0.732. The maximum atomic E-state index is 5.52. The van der Waals surface area contributed by atoms with Crippen LogP contribution in [0, 0.1) is 0 Å². The summed E-state index contributed by atoms with van der Waals surface area (Å²) in [5, 5.41) is 13.5. The minimum atomic E-state index is 0.521. The summed E-state index contributed by atoms with van der Waals surface area (Å²) >= 11 is 1.56. The van der Waals surface area contributed by atoms with Gasteiger partial charge in [-0.05, 0) is 22.6 Å². The number of benzene rings is 1. The zero-order valence-electron chi connectivity index (χ0n) is 10.8. The van der Waals surface area contributed by atoms with Crippen molar-refractivity contribution in [1.82, 2.24) is 25.2 Å². The lowest BCUT2D eigenvalue weighted by Gasteiger charge is -2.03. The highest BCUT2D eigenvalue weighted by Gasteiger charge is 2.07. The SMILES string of the molecule is NCCn1nnnc1SCc1ccc2ccccc2n1. The van der Waals surface area contributed by atoms with Gasteiger partial charge in [-0.15, -0.1) is 5.10 Å². The summed E-state index contributed by atoms with van der Waals surface area (Å²) in [6.45, 7) is 1.15. The molecule has 0 aliphatic rings. The van der Waals surface area contributed by atoms with Crippen molar-refractivity contribution in [3.8, 4) is 0 Å². The van der Waals surface area contributed by atoms with E-state index in [9.17, 15) is 0 Å². The van der Waals surface area contributed by atoms with Crippen LogP contribution in [0.4, 0.5) is 0 Å². The molecule has 0 unspecified atom stereocenters. The van der Waals surface area contributed by atoms with Crippen molar-refractivity contribution in [2.45, 2.75) is 17.5 Å². The van der Waals surface area contributed by atoms with Crippen LogP contribution in [-0.2, 0) is 12.3 Å². The third kappa shape index (κ3) is 2.78. The van der Waals surface area contributed by atoms with E-state index >= 15 is 0 Å². The highest BCUT2D eigenvalue weighted by Crippen LogP contribution is 2.20. The van der Waals surface area contributed by atoms with Crippen molar-refractivity contribution >= 4 is 22.7 Å². The van der Waals surface area contributed by atoms with Crippen molar-refractivity contribution in [2.75, 3.05) is 6.54 Å². The number of para-hydroxylation sites is 1. The Morgan fingerprint density at radius 1 is 1.15 bits per heavy atom. The molecule has 6 nitrogen and oxygen atoms in total. The lowest BCUT2D eigenvalue weighted by molar-refractivity contribution is 0.557. The van der Waals surface area contributed by atoms with Crippen molar-refractivity contribution < 1.29 is 0 Å². The number of fused-ring (bicyclic) bond motifs is 1. The lowest BCUT2D eigenvalue weighted by Crippen LogP contribution is -2.12. The number of tetrazole rings is 1. The number of rotatable bonds is 5. The topological polar surface area (TPSA) is 82.5 Å². The molecule has 3 aromatic rings. The van der Waals surface area contributed by atoms with Gasteiger partial charge in [0.25, 0.3) is 0 Å². The van der Waals surface area contributed by atoms with Gasteiger partial charge in [-0.25, -0.2) is 4.68 Å². The summed E-state index contributed by atoms with van der Waals surface area (Å²) in [5.41, 5.74) is 7.54. The fourth-order valence-corrected chi connectivity index (χ4v) is 2.70. The van der Waals surface area contributed by atoms with Crippen LogP contribution in [0.2, 0.25) is 0 Å². The van der Waals surface area contributed by atoms with Crippen LogP contribution < -0.4 is 5.73 Å². The maximum absolute atomic E-state index is 5.52. The second-order valence-electron chi connectivity index (χ2n) is 4.26. The average Bonchev–Trinajstić information content (AvgIpc) is 2.93. The van der Waals surface area contributed by atoms with E-state index < -0.39 is 0 Å². The molecule has 7 heteroatoms. The Kier molecular flexibility index (Phi) is 3.89. The van der Waals surface area contributed by atoms with Gasteiger partial charge in [0.05, 0.1) is 17.8 Å². The number of hydrogen-bond acceptors (Lipinski definition) is 6. The Morgan fingerprint density at radius 3 is 2.95 bits per heavy atom. The minimum absolute atomic E-state index is 0.521. The maximum Gasteiger partial charge on any atom is 0.209 e. The first-order valence-corrected chi connectivity index (χ1v) is 7.29. The van der Waals surface area contributed by atoms with Crippen molar-refractivity contribution in [3.63, 3.8) is 0 Å². The van der Waals surface area contributed by atoms with E-state index in [0.717, 1.165) is 27.5 Å². The van der Waals surface area contributed by atoms with E-state index in [0.29, 0.717) is 13.1 Å². The summed E-state index contributed by atoms with van der Waals surface area (Å²) in [6.07, 6.45) is 0. The Bertz CT molecular complexity index is 711. The molecule has 0 radical (unpaired) electrons. The van der Waals surface area contributed by atoms with Gasteiger partial charge in [0.1, 0.15) is 0 Å². The summed E-state index contributed by atoms with van der Waals surface area (Å²) in [4.78, 5) is 4.63. The molecule has 2 heterocycles. The molecule has 102 valence electrons. The van der Waals surface area contributed by atoms with E-state index in [4.69, 9.17) is 5.73 Å². The second kappa shape index (κ2) is 5.98. The lowest BCUT2D eigenvalue weighted by atomic mass is 10.2. The molecule has 1 aromatic carbocycles. The number of hydrogen-bond donors (Lipinski definition) is 1. The number of thioether (sulfide) groups is 1. The molecular formula is C13H14N6S. The van der Waals surface area contributed by atoms with E-state index in [1.807, 2.05) is 24.3 Å². The molecule has 2 aromatic heterocycles. The first-order valence-electron chi connectivity index (χ1n) is 6.30. The van der Waals surface area contributed by atoms with Crippen LogP contribution in [0.15, 0.2) is 41.6 Å². The first-order chi connectivity index (χ1) is 9.86.